The van der Waals surface area contributed by atoms with Crippen LogP contribution in [0.2, 0.25) is 0 Å². The number of fused-ring (bicyclic) bond motifs is 1. The Hall–Kier alpha value is -2.31. The highest BCUT2D eigenvalue weighted by Crippen LogP contribution is 2.29. The largest absolute Gasteiger partial charge is 0.457 e. The van der Waals surface area contributed by atoms with E-state index in [1.807, 2.05) is 55.1 Å². The minimum absolute atomic E-state index is 0.100. The first-order valence-corrected chi connectivity index (χ1v) is 10.2. The number of aromatic nitrogens is 2. The number of H-pyrrole nitrogens is 1. The molecule has 0 atom stereocenters. The van der Waals surface area contributed by atoms with Crippen molar-refractivity contribution in [3.8, 4) is 11.5 Å². The molecule has 1 saturated heterocycles. The van der Waals surface area contributed by atoms with Crippen LogP contribution in [-0.4, -0.2) is 28.4 Å². The Kier molecular flexibility index (Phi) is 5.45. The van der Waals surface area contributed by atoms with Gasteiger partial charge in [0.25, 0.3) is 5.56 Å². The highest BCUT2D eigenvalue weighted by Gasteiger charge is 2.16. The second kappa shape index (κ2) is 8.15. The maximum atomic E-state index is 12.5. The van der Waals surface area contributed by atoms with Gasteiger partial charge in [0.05, 0.1) is 16.7 Å². The van der Waals surface area contributed by atoms with Gasteiger partial charge in [-0.2, -0.15) is 11.8 Å². The Morgan fingerprint density at radius 1 is 1.19 bits per heavy atom. The topological polar surface area (TPSA) is 64.2 Å². The fourth-order valence-electron chi connectivity index (χ4n) is 3.20. The molecule has 1 aliphatic heterocycles. The Morgan fingerprint density at radius 2 is 1.96 bits per heavy atom. The van der Waals surface area contributed by atoms with Crippen molar-refractivity contribution in [2.75, 3.05) is 13.2 Å². The van der Waals surface area contributed by atoms with E-state index in [1.165, 1.54) is 0 Å². The fourth-order valence-corrected chi connectivity index (χ4v) is 4.26. The summed E-state index contributed by atoms with van der Waals surface area (Å²) >= 11 is 1.84. The lowest BCUT2D eigenvalue weighted by Crippen LogP contribution is -2.18. The maximum Gasteiger partial charge on any atom is 0.258 e. The normalized spacial score (nSPS) is 15.1. The summed E-state index contributed by atoms with van der Waals surface area (Å²) in [5, 5.41) is 1.15. The first kappa shape index (κ1) is 18.1. The van der Waals surface area contributed by atoms with Crippen LogP contribution in [0.5, 0.6) is 11.5 Å². The van der Waals surface area contributed by atoms with Crippen molar-refractivity contribution < 1.29 is 9.47 Å². The molecular weight excluding hydrogens is 360 g/mol. The van der Waals surface area contributed by atoms with Gasteiger partial charge in [0.15, 0.2) is 0 Å². The highest BCUT2D eigenvalue weighted by atomic mass is 32.2. The molecule has 4 rings (SSSR count). The van der Waals surface area contributed by atoms with Crippen LogP contribution in [0.1, 0.15) is 24.2 Å². The van der Waals surface area contributed by atoms with Crippen LogP contribution >= 0.6 is 11.8 Å². The number of hydrogen-bond acceptors (Lipinski definition) is 5. The average Bonchev–Trinajstić information content (AvgIpc) is 2.70. The van der Waals surface area contributed by atoms with Crippen LogP contribution in [0.25, 0.3) is 10.9 Å². The average molecular weight is 382 g/mol. The lowest BCUT2D eigenvalue weighted by Gasteiger charge is -2.21. The van der Waals surface area contributed by atoms with Crippen LogP contribution < -0.4 is 10.3 Å². The van der Waals surface area contributed by atoms with Crippen LogP contribution in [0.4, 0.5) is 0 Å². The van der Waals surface area contributed by atoms with Crippen molar-refractivity contribution in [3.63, 3.8) is 0 Å². The maximum absolute atomic E-state index is 12.5. The SMILES string of the molecule is Cc1c(Oc2ccccc2)ccc2c(=O)[nH]c(CSC3CCOCC3)nc12. The Labute approximate surface area is 162 Å². The summed E-state index contributed by atoms with van der Waals surface area (Å²) < 4.78 is 11.4. The van der Waals surface area contributed by atoms with Crippen molar-refractivity contribution in [3.05, 3.63) is 64.2 Å². The minimum Gasteiger partial charge on any atom is -0.457 e. The van der Waals surface area contributed by atoms with Gasteiger partial charge in [-0.3, -0.25) is 4.79 Å². The summed E-state index contributed by atoms with van der Waals surface area (Å²) in [6.07, 6.45) is 2.10. The molecule has 0 bridgehead atoms. The third-order valence-corrected chi connectivity index (χ3v) is 6.11. The first-order valence-electron chi connectivity index (χ1n) is 9.15. The molecule has 1 fully saturated rings. The van der Waals surface area contributed by atoms with Gasteiger partial charge in [0.1, 0.15) is 17.3 Å². The zero-order valence-electron chi connectivity index (χ0n) is 15.2. The van der Waals surface area contributed by atoms with E-state index in [0.717, 1.165) is 43.1 Å². The van der Waals surface area contributed by atoms with Gasteiger partial charge in [-0.05, 0) is 44.0 Å². The Bertz CT molecular complexity index is 982. The van der Waals surface area contributed by atoms with Crippen LogP contribution in [0.3, 0.4) is 0 Å². The number of aryl methyl sites for hydroxylation is 1. The number of aromatic amines is 1. The van der Waals surface area contributed by atoms with E-state index < -0.39 is 0 Å². The van der Waals surface area contributed by atoms with Crippen LogP contribution in [-0.2, 0) is 10.5 Å². The van der Waals surface area contributed by atoms with Gasteiger partial charge in [-0.25, -0.2) is 4.98 Å². The second-order valence-corrected chi connectivity index (χ2v) is 7.92. The predicted octanol–water partition coefficient (Wildman–Crippen LogP) is 4.44. The lowest BCUT2D eigenvalue weighted by atomic mass is 10.1. The summed E-state index contributed by atoms with van der Waals surface area (Å²) in [5.74, 6) is 2.89. The summed E-state index contributed by atoms with van der Waals surface area (Å²) in [7, 11) is 0. The smallest absolute Gasteiger partial charge is 0.258 e. The van der Waals surface area contributed by atoms with Gasteiger partial charge in [0, 0.05) is 24.0 Å². The number of hydrogen-bond donors (Lipinski definition) is 1. The number of thioether (sulfide) groups is 1. The molecule has 0 aliphatic carbocycles. The molecule has 0 amide bonds. The van der Waals surface area contributed by atoms with Crippen molar-refractivity contribution in [2.45, 2.75) is 30.8 Å². The van der Waals surface area contributed by atoms with Gasteiger partial charge in [-0.15, -0.1) is 0 Å². The van der Waals surface area contributed by atoms with E-state index in [2.05, 4.69) is 4.98 Å². The van der Waals surface area contributed by atoms with Crippen LogP contribution in [0.15, 0.2) is 47.3 Å². The zero-order valence-corrected chi connectivity index (χ0v) is 16.1. The highest BCUT2D eigenvalue weighted by molar-refractivity contribution is 7.99. The van der Waals surface area contributed by atoms with E-state index >= 15 is 0 Å². The molecule has 1 N–H and O–H groups in total. The van der Waals surface area contributed by atoms with Crippen molar-refractivity contribution in [1.82, 2.24) is 9.97 Å². The van der Waals surface area contributed by atoms with E-state index in [-0.39, 0.29) is 5.56 Å². The molecule has 2 aromatic carbocycles. The molecule has 5 nitrogen and oxygen atoms in total. The Morgan fingerprint density at radius 3 is 2.74 bits per heavy atom. The molecule has 0 unspecified atom stereocenters. The standard InChI is InChI=1S/C21H22N2O3S/c1-14-18(26-15-5-3-2-4-6-15)8-7-17-20(14)22-19(23-21(17)24)13-27-16-9-11-25-12-10-16/h2-8,16H,9-13H2,1H3,(H,22,23,24). The van der Waals surface area contributed by atoms with Crippen LogP contribution in [0, 0.1) is 6.92 Å². The quantitative estimate of drug-likeness (QED) is 0.707. The zero-order chi connectivity index (χ0) is 18.6. The summed E-state index contributed by atoms with van der Waals surface area (Å²) in [6, 6.07) is 13.2. The van der Waals surface area contributed by atoms with Gasteiger partial charge in [0.2, 0.25) is 0 Å². The number of ether oxygens (including phenoxy) is 2. The van der Waals surface area contributed by atoms with E-state index in [4.69, 9.17) is 14.5 Å². The first-order chi connectivity index (χ1) is 13.2. The molecule has 27 heavy (non-hydrogen) atoms. The minimum atomic E-state index is -0.100. The van der Waals surface area contributed by atoms with Gasteiger partial charge < -0.3 is 14.5 Å². The Balaban J connectivity index is 1.61. The fraction of sp³-hybridized carbons (Fsp3) is 0.333. The number of para-hydroxylation sites is 1. The van der Waals surface area contributed by atoms with Gasteiger partial charge in [-0.1, -0.05) is 18.2 Å². The molecule has 2 heterocycles. The van der Waals surface area contributed by atoms with E-state index in [1.54, 1.807) is 6.07 Å². The summed E-state index contributed by atoms with van der Waals surface area (Å²) in [5.41, 5.74) is 1.48. The van der Waals surface area contributed by atoms with Crippen molar-refractivity contribution in [1.29, 1.82) is 0 Å². The number of nitrogens with one attached hydrogen (secondary N) is 1. The van der Waals surface area contributed by atoms with Gasteiger partial charge >= 0.3 is 0 Å². The number of nitrogens with zero attached hydrogens (tertiary/aromatic N) is 1. The molecule has 0 radical (unpaired) electrons. The summed E-state index contributed by atoms with van der Waals surface area (Å²) in [6.45, 7) is 3.58. The molecule has 0 saturated carbocycles. The monoisotopic (exact) mass is 382 g/mol. The molecular formula is C21H22N2O3S. The lowest BCUT2D eigenvalue weighted by molar-refractivity contribution is 0.1000. The molecule has 1 aromatic heterocycles. The number of benzene rings is 2. The summed E-state index contributed by atoms with van der Waals surface area (Å²) in [4.78, 5) is 20.2. The molecule has 0 spiro atoms. The molecule has 1 aliphatic rings. The third kappa shape index (κ3) is 4.17. The van der Waals surface area contributed by atoms with Crippen molar-refractivity contribution >= 4 is 22.7 Å². The molecule has 3 aromatic rings. The number of rotatable bonds is 5. The molecule has 6 heteroatoms. The second-order valence-electron chi connectivity index (χ2n) is 6.64. The van der Waals surface area contributed by atoms with Crippen molar-refractivity contribution in [2.24, 2.45) is 0 Å². The van der Waals surface area contributed by atoms with E-state index in [0.29, 0.717) is 27.7 Å². The predicted molar refractivity (Wildman–Crippen MR) is 109 cm³/mol. The third-order valence-electron chi connectivity index (χ3n) is 4.73. The molecule has 140 valence electrons. The van der Waals surface area contributed by atoms with E-state index in [9.17, 15) is 4.79 Å².